The molecule has 0 radical (unpaired) electrons. The first-order valence-corrected chi connectivity index (χ1v) is 13.1. The molecule has 11 heteroatoms. The van der Waals surface area contributed by atoms with Crippen molar-refractivity contribution in [3.05, 3.63) is 82.9 Å². The number of benzene rings is 3. The topological polar surface area (TPSA) is 97.4 Å². The van der Waals surface area contributed by atoms with E-state index in [9.17, 15) is 14.4 Å². The molecule has 1 N–H and O–H groups in total. The molecule has 1 unspecified atom stereocenters. The van der Waals surface area contributed by atoms with E-state index in [-0.39, 0.29) is 23.3 Å². The van der Waals surface area contributed by atoms with Gasteiger partial charge in [0, 0.05) is 17.3 Å². The van der Waals surface area contributed by atoms with Gasteiger partial charge in [0.15, 0.2) is 16.6 Å². The van der Waals surface area contributed by atoms with Crippen LogP contribution in [0.1, 0.15) is 22.3 Å². The Morgan fingerprint density at radius 2 is 1.70 bits per heavy atom. The highest BCUT2D eigenvalue weighted by Crippen LogP contribution is 2.31. The first-order chi connectivity index (χ1) is 19.2. The number of amides is 2. The van der Waals surface area contributed by atoms with Gasteiger partial charge in [-0.25, -0.2) is 4.79 Å². The first-order valence-electron chi connectivity index (χ1n) is 12.3. The highest BCUT2D eigenvalue weighted by atomic mass is 35.5. The first kappa shape index (κ1) is 28.8. The van der Waals surface area contributed by atoms with Crippen LogP contribution in [0.25, 0.3) is 0 Å². The molecule has 40 heavy (non-hydrogen) atoms. The van der Waals surface area contributed by atoms with Gasteiger partial charge in [-0.3, -0.25) is 14.5 Å². The number of thiocarbonyl (C=S) groups is 1. The summed E-state index contributed by atoms with van der Waals surface area (Å²) in [5.74, 6) is 0.0233. The number of hydrogen-bond donors (Lipinski definition) is 1. The molecule has 208 valence electrons. The lowest BCUT2D eigenvalue weighted by atomic mass is 10.1. The van der Waals surface area contributed by atoms with Crippen LogP contribution in [0.4, 0.5) is 11.4 Å². The fraction of sp³-hybridized carbons (Fsp3) is 0.241. The maximum Gasteiger partial charge on any atom is 0.337 e. The van der Waals surface area contributed by atoms with Crippen molar-refractivity contribution in [2.45, 2.75) is 18.9 Å². The Balaban J connectivity index is 1.55. The van der Waals surface area contributed by atoms with E-state index >= 15 is 0 Å². The zero-order chi connectivity index (χ0) is 28.8. The molecule has 0 aromatic heterocycles. The molecule has 1 aliphatic rings. The number of esters is 1. The zero-order valence-corrected chi connectivity index (χ0v) is 23.8. The molecule has 0 aliphatic carbocycles. The highest BCUT2D eigenvalue weighted by Gasteiger charge is 2.44. The van der Waals surface area contributed by atoms with Gasteiger partial charge >= 0.3 is 5.97 Å². The number of methoxy groups -OCH3 is 3. The van der Waals surface area contributed by atoms with Crippen molar-refractivity contribution in [1.82, 2.24) is 4.90 Å². The quantitative estimate of drug-likeness (QED) is 0.271. The van der Waals surface area contributed by atoms with Crippen LogP contribution in [0.3, 0.4) is 0 Å². The van der Waals surface area contributed by atoms with Crippen molar-refractivity contribution in [2.24, 2.45) is 0 Å². The van der Waals surface area contributed by atoms with Crippen molar-refractivity contribution in [3.8, 4) is 11.5 Å². The molecular formula is C29H28ClN3O6S. The number of rotatable bonds is 10. The summed E-state index contributed by atoms with van der Waals surface area (Å²) in [6.07, 6.45) is 0.394. The minimum Gasteiger partial charge on any atom is -0.493 e. The molecule has 1 atom stereocenters. The van der Waals surface area contributed by atoms with Crippen LogP contribution in [-0.2, 0) is 20.7 Å². The smallest absolute Gasteiger partial charge is 0.337 e. The van der Waals surface area contributed by atoms with E-state index in [2.05, 4.69) is 5.32 Å². The van der Waals surface area contributed by atoms with Gasteiger partial charge in [0.05, 0.1) is 39.0 Å². The zero-order valence-electron chi connectivity index (χ0n) is 22.2. The summed E-state index contributed by atoms with van der Waals surface area (Å²) in [6, 6.07) is 17.9. The van der Waals surface area contributed by atoms with Gasteiger partial charge in [-0.2, -0.15) is 0 Å². The molecule has 4 rings (SSSR count). The third kappa shape index (κ3) is 6.35. The largest absolute Gasteiger partial charge is 0.493 e. The summed E-state index contributed by atoms with van der Waals surface area (Å²) < 4.78 is 15.4. The summed E-state index contributed by atoms with van der Waals surface area (Å²) in [7, 11) is 4.43. The standard InChI is InChI=1S/C29H28ClN3O6S/c1-37-24-12-7-18(15-25(24)38-2)13-14-32-23(27(35)33(29(32)40)22-6-4-5-20(30)16-22)17-26(34)31-21-10-8-19(9-11-21)28(36)39-3/h4-12,15-16,23H,13-14,17H2,1-3H3,(H,31,34). The van der Waals surface area contributed by atoms with E-state index in [0.717, 1.165) is 5.56 Å². The molecule has 1 heterocycles. The van der Waals surface area contributed by atoms with Crippen LogP contribution in [0.2, 0.25) is 5.02 Å². The lowest BCUT2D eigenvalue weighted by Crippen LogP contribution is -2.39. The second-order valence-electron chi connectivity index (χ2n) is 8.91. The molecule has 2 amide bonds. The average molecular weight is 582 g/mol. The Morgan fingerprint density at radius 3 is 2.35 bits per heavy atom. The number of hydrogen-bond acceptors (Lipinski definition) is 7. The number of ether oxygens (including phenoxy) is 3. The second-order valence-corrected chi connectivity index (χ2v) is 9.71. The van der Waals surface area contributed by atoms with Crippen molar-refractivity contribution < 1.29 is 28.6 Å². The van der Waals surface area contributed by atoms with Gasteiger partial charge in [0.1, 0.15) is 6.04 Å². The van der Waals surface area contributed by atoms with Gasteiger partial charge < -0.3 is 24.4 Å². The number of carbonyl (C=O) groups excluding carboxylic acids is 3. The summed E-state index contributed by atoms with van der Waals surface area (Å²) in [5.41, 5.74) is 2.31. The van der Waals surface area contributed by atoms with Crippen molar-refractivity contribution in [2.75, 3.05) is 38.1 Å². The van der Waals surface area contributed by atoms with E-state index < -0.39 is 12.0 Å². The molecule has 1 saturated heterocycles. The Labute approximate surface area is 242 Å². The second kappa shape index (κ2) is 12.8. The van der Waals surface area contributed by atoms with Crippen LogP contribution < -0.4 is 19.7 Å². The lowest BCUT2D eigenvalue weighted by molar-refractivity contribution is -0.124. The number of nitrogens with zero attached hydrogens (tertiary/aromatic N) is 2. The molecule has 9 nitrogen and oxygen atoms in total. The number of halogens is 1. The molecular weight excluding hydrogens is 554 g/mol. The Morgan fingerprint density at radius 1 is 0.975 bits per heavy atom. The van der Waals surface area contributed by atoms with Gasteiger partial charge in [-0.1, -0.05) is 23.7 Å². The average Bonchev–Trinajstić information content (AvgIpc) is 3.19. The fourth-order valence-corrected chi connectivity index (χ4v) is 5.02. The van der Waals surface area contributed by atoms with Gasteiger partial charge in [-0.05, 0) is 78.8 Å². The number of carbonyl (C=O) groups is 3. The molecule has 0 bridgehead atoms. The van der Waals surface area contributed by atoms with Crippen LogP contribution in [0, 0.1) is 0 Å². The third-order valence-electron chi connectivity index (χ3n) is 6.44. The Hall–Kier alpha value is -4.15. The Bertz CT molecular complexity index is 1430. The molecule has 3 aromatic carbocycles. The van der Waals surface area contributed by atoms with Gasteiger partial charge in [0.2, 0.25) is 5.91 Å². The summed E-state index contributed by atoms with van der Waals surface area (Å²) in [5, 5.41) is 3.54. The van der Waals surface area contributed by atoms with Crippen LogP contribution in [-0.4, -0.2) is 61.7 Å². The maximum absolute atomic E-state index is 13.7. The molecule has 1 aliphatic heterocycles. The van der Waals surface area contributed by atoms with Crippen LogP contribution in [0.15, 0.2) is 66.7 Å². The van der Waals surface area contributed by atoms with E-state index in [1.165, 1.54) is 12.0 Å². The Kier molecular flexibility index (Phi) is 9.23. The third-order valence-corrected chi connectivity index (χ3v) is 7.10. The van der Waals surface area contributed by atoms with Gasteiger partial charge in [0.25, 0.3) is 5.91 Å². The molecule has 3 aromatic rings. The van der Waals surface area contributed by atoms with Crippen molar-refractivity contribution >= 4 is 58.1 Å². The lowest BCUT2D eigenvalue weighted by Gasteiger charge is -2.24. The predicted molar refractivity (Wildman–Crippen MR) is 156 cm³/mol. The predicted octanol–water partition coefficient (Wildman–Crippen LogP) is 4.72. The van der Waals surface area contributed by atoms with Crippen molar-refractivity contribution in [1.29, 1.82) is 0 Å². The van der Waals surface area contributed by atoms with Crippen molar-refractivity contribution in [3.63, 3.8) is 0 Å². The monoisotopic (exact) mass is 581 g/mol. The summed E-state index contributed by atoms with van der Waals surface area (Å²) in [4.78, 5) is 41.6. The number of anilines is 2. The maximum atomic E-state index is 13.7. The van der Waals surface area contributed by atoms with Crippen LogP contribution in [0.5, 0.6) is 11.5 Å². The summed E-state index contributed by atoms with van der Waals surface area (Å²) >= 11 is 11.9. The van der Waals surface area contributed by atoms with Gasteiger partial charge in [-0.15, -0.1) is 0 Å². The highest BCUT2D eigenvalue weighted by molar-refractivity contribution is 7.80. The molecule has 0 saturated carbocycles. The minimum absolute atomic E-state index is 0.138. The minimum atomic E-state index is -0.832. The normalized spacial score (nSPS) is 14.8. The van der Waals surface area contributed by atoms with E-state index in [4.69, 9.17) is 38.0 Å². The van der Waals surface area contributed by atoms with E-state index in [1.807, 2.05) is 18.2 Å². The number of nitrogens with one attached hydrogen (secondary N) is 1. The van der Waals surface area contributed by atoms with Crippen LogP contribution >= 0.6 is 23.8 Å². The summed E-state index contributed by atoms with van der Waals surface area (Å²) in [6.45, 7) is 0.378. The SMILES string of the molecule is COC(=O)c1ccc(NC(=O)CC2C(=O)N(c3cccc(Cl)c3)C(=S)N2CCc2ccc(OC)c(OC)c2)cc1. The van der Waals surface area contributed by atoms with E-state index in [1.54, 1.807) is 67.7 Å². The molecule has 1 fully saturated rings. The fourth-order valence-electron chi connectivity index (χ4n) is 4.42. The molecule has 0 spiro atoms. The van der Waals surface area contributed by atoms with E-state index in [0.29, 0.717) is 46.4 Å².